The number of amides is 1. The maximum atomic E-state index is 12.8. The summed E-state index contributed by atoms with van der Waals surface area (Å²) in [5.41, 5.74) is 0.998. The lowest BCUT2D eigenvalue weighted by Gasteiger charge is -2.34. The van der Waals surface area contributed by atoms with Crippen LogP contribution in [0.25, 0.3) is 10.2 Å². The molecule has 1 aromatic carbocycles. The lowest BCUT2D eigenvalue weighted by molar-refractivity contribution is -0.135. The molecule has 0 bridgehead atoms. The van der Waals surface area contributed by atoms with Gasteiger partial charge < -0.3 is 4.90 Å². The number of carbonyl (C=O) groups is 2. The Balaban J connectivity index is 1.48. The van der Waals surface area contributed by atoms with Gasteiger partial charge in [0, 0.05) is 19.4 Å². The van der Waals surface area contributed by atoms with Gasteiger partial charge in [-0.1, -0.05) is 18.2 Å². The Labute approximate surface area is 160 Å². The summed E-state index contributed by atoms with van der Waals surface area (Å²) < 4.78 is 1.16. The van der Waals surface area contributed by atoms with E-state index in [9.17, 15) is 9.59 Å². The SMILES string of the molecule is O=C(CCC(=O)N1CCCC[C@@H]1c1nc2ccccc2s1)c1cccs1. The molecule has 1 fully saturated rings. The second kappa shape index (κ2) is 7.68. The van der Waals surface area contributed by atoms with Gasteiger partial charge in [-0.25, -0.2) is 4.98 Å². The Morgan fingerprint density at radius 1 is 1.12 bits per heavy atom. The van der Waals surface area contributed by atoms with E-state index in [0.29, 0.717) is 0 Å². The number of aromatic nitrogens is 1. The molecule has 1 aliphatic rings. The van der Waals surface area contributed by atoms with Crippen molar-refractivity contribution in [1.29, 1.82) is 0 Å². The van der Waals surface area contributed by atoms with E-state index in [1.54, 1.807) is 11.3 Å². The van der Waals surface area contributed by atoms with Crippen molar-refractivity contribution in [1.82, 2.24) is 9.88 Å². The summed E-state index contributed by atoms with van der Waals surface area (Å²) in [4.78, 5) is 32.5. The molecule has 0 radical (unpaired) electrons. The maximum Gasteiger partial charge on any atom is 0.223 e. The molecule has 0 unspecified atom stereocenters. The summed E-state index contributed by atoms with van der Waals surface area (Å²) in [6.07, 6.45) is 3.63. The molecule has 1 amide bonds. The Kier molecular flexibility index (Phi) is 5.13. The van der Waals surface area contributed by atoms with Crippen molar-refractivity contribution in [2.45, 2.75) is 38.1 Å². The highest BCUT2D eigenvalue weighted by Gasteiger charge is 2.30. The normalized spacial score (nSPS) is 17.5. The van der Waals surface area contributed by atoms with E-state index >= 15 is 0 Å². The topological polar surface area (TPSA) is 50.3 Å². The molecular weight excluding hydrogens is 364 g/mol. The van der Waals surface area contributed by atoms with E-state index in [0.717, 1.165) is 45.9 Å². The van der Waals surface area contributed by atoms with Crippen LogP contribution in [0.2, 0.25) is 0 Å². The van der Waals surface area contributed by atoms with Gasteiger partial charge in [-0.05, 0) is 42.8 Å². The van der Waals surface area contributed by atoms with Crippen LogP contribution < -0.4 is 0 Å². The van der Waals surface area contributed by atoms with Crippen LogP contribution in [0.15, 0.2) is 41.8 Å². The predicted octanol–water partition coefficient (Wildman–Crippen LogP) is 5.07. The molecule has 0 spiro atoms. The van der Waals surface area contributed by atoms with Gasteiger partial charge in [-0.15, -0.1) is 22.7 Å². The Bertz CT molecular complexity index is 884. The zero-order valence-electron chi connectivity index (χ0n) is 14.4. The number of hydrogen-bond acceptors (Lipinski definition) is 5. The van der Waals surface area contributed by atoms with Gasteiger partial charge in [0.2, 0.25) is 5.91 Å². The van der Waals surface area contributed by atoms with Gasteiger partial charge in [0.05, 0.1) is 21.1 Å². The van der Waals surface area contributed by atoms with Crippen LogP contribution in [0, 0.1) is 0 Å². The minimum atomic E-state index is 0.0467. The van der Waals surface area contributed by atoms with E-state index in [1.807, 2.05) is 40.6 Å². The number of fused-ring (bicyclic) bond motifs is 1. The van der Waals surface area contributed by atoms with Gasteiger partial charge in [-0.2, -0.15) is 0 Å². The minimum absolute atomic E-state index is 0.0467. The first-order valence-electron chi connectivity index (χ1n) is 8.94. The molecule has 3 heterocycles. The van der Waals surface area contributed by atoms with Crippen molar-refractivity contribution in [3.05, 3.63) is 51.7 Å². The fourth-order valence-corrected chi connectivity index (χ4v) is 5.25. The number of rotatable bonds is 5. The molecule has 1 saturated heterocycles. The molecule has 3 aromatic rings. The number of thiophene rings is 1. The van der Waals surface area contributed by atoms with E-state index < -0.39 is 0 Å². The van der Waals surface area contributed by atoms with Crippen LogP contribution >= 0.6 is 22.7 Å². The number of carbonyl (C=O) groups excluding carboxylic acids is 2. The molecule has 0 aliphatic carbocycles. The fraction of sp³-hybridized carbons (Fsp3) is 0.350. The smallest absolute Gasteiger partial charge is 0.223 e. The number of likely N-dealkylation sites (tertiary alicyclic amines) is 1. The summed E-state index contributed by atoms with van der Waals surface area (Å²) in [6.45, 7) is 0.757. The standard InChI is InChI=1S/C20H20N2O2S2/c23-16(18-9-5-13-25-18)10-11-19(24)22-12-4-3-7-15(22)20-21-14-6-1-2-8-17(14)26-20/h1-2,5-6,8-9,13,15H,3-4,7,10-12H2/t15-/m1/s1. The highest BCUT2D eigenvalue weighted by atomic mass is 32.1. The Morgan fingerprint density at radius 3 is 2.81 bits per heavy atom. The first kappa shape index (κ1) is 17.4. The zero-order chi connectivity index (χ0) is 17.9. The van der Waals surface area contributed by atoms with Gasteiger partial charge in [0.15, 0.2) is 5.78 Å². The maximum absolute atomic E-state index is 12.8. The number of hydrogen-bond donors (Lipinski definition) is 0. The third-order valence-electron chi connectivity index (χ3n) is 4.78. The van der Waals surface area contributed by atoms with Crippen LogP contribution in [-0.4, -0.2) is 28.1 Å². The van der Waals surface area contributed by atoms with Gasteiger partial charge >= 0.3 is 0 Å². The Hall–Kier alpha value is -2.05. The fourth-order valence-electron chi connectivity index (χ4n) is 3.44. The number of Topliss-reactive ketones (excluding diaryl/α,β-unsaturated/α-hetero) is 1. The predicted molar refractivity (Wildman–Crippen MR) is 106 cm³/mol. The molecule has 6 heteroatoms. The average molecular weight is 385 g/mol. The third-order valence-corrected chi connectivity index (χ3v) is 6.83. The molecule has 26 heavy (non-hydrogen) atoms. The average Bonchev–Trinajstić information content (AvgIpc) is 3.35. The molecule has 1 aliphatic heterocycles. The second-order valence-electron chi connectivity index (χ2n) is 6.52. The molecule has 0 N–H and O–H groups in total. The quantitative estimate of drug-likeness (QED) is 0.577. The lowest BCUT2D eigenvalue weighted by atomic mass is 10.0. The third kappa shape index (κ3) is 3.57. The van der Waals surface area contributed by atoms with Crippen molar-refractivity contribution < 1.29 is 9.59 Å². The second-order valence-corrected chi connectivity index (χ2v) is 8.53. The molecule has 4 rings (SSSR count). The van der Waals surface area contributed by atoms with E-state index in [-0.39, 0.29) is 30.6 Å². The monoisotopic (exact) mass is 384 g/mol. The van der Waals surface area contributed by atoms with Crippen molar-refractivity contribution >= 4 is 44.6 Å². The molecule has 4 nitrogen and oxygen atoms in total. The van der Waals surface area contributed by atoms with Crippen LogP contribution in [-0.2, 0) is 4.79 Å². The first-order valence-corrected chi connectivity index (χ1v) is 10.6. The molecule has 2 aromatic heterocycles. The largest absolute Gasteiger partial charge is 0.333 e. The number of piperidine rings is 1. The molecule has 0 saturated carbocycles. The molecule has 134 valence electrons. The van der Waals surface area contributed by atoms with Crippen LogP contribution in [0.3, 0.4) is 0 Å². The minimum Gasteiger partial charge on any atom is -0.333 e. The number of para-hydroxylation sites is 1. The zero-order valence-corrected chi connectivity index (χ0v) is 16.0. The summed E-state index contributed by atoms with van der Waals surface area (Å²) in [7, 11) is 0. The summed E-state index contributed by atoms with van der Waals surface area (Å²) in [6, 6.07) is 11.8. The van der Waals surface area contributed by atoms with E-state index in [1.165, 1.54) is 11.3 Å². The van der Waals surface area contributed by atoms with Crippen LogP contribution in [0.1, 0.15) is 52.8 Å². The number of nitrogens with zero attached hydrogens (tertiary/aromatic N) is 2. The van der Waals surface area contributed by atoms with Crippen molar-refractivity contribution in [2.24, 2.45) is 0 Å². The molecule has 1 atom stereocenters. The Morgan fingerprint density at radius 2 is 2.00 bits per heavy atom. The summed E-state index contributed by atoms with van der Waals surface area (Å²) in [5.74, 6) is 0.126. The summed E-state index contributed by atoms with van der Waals surface area (Å²) in [5, 5.41) is 2.91. The number of ketones is 1. The van der Waals surface area contributed by atoms with Crippen molar-refractivity contribution in [2.75, 3.05) is 6.54 Å². The summed E-state index contributed by atoms with van der Waals surface area (Å²) >= 11 is 3.11. The first-order chi connectivity index (χ1) is 12.7. The van der Waals surface area contributed by atoms with Crippen molar-refractivity contribution in [3.63, 3.8) is 0 Å². The number of benzene rings is 1. The van der Waals surface area contributed by atoms with E-state index in [2.05, 4.69) is 6.07 Å². The number of thiazole rings is 1. The lowest BCUT2D eigenvalue weighted by Crippen LogP contribution is -2.38. The van der Waals surface area contributed by atoms with Crippen LogP contribution in [0.4, 0.5) is 0 Å². The van der Waals surface area contributed by atoms with E-state index in [4.69, 9.17) is 4.98 Å². The highest BCUT2D eigenvalue weighted by Crippen LogP contribution is 2.36. The van der Waals surface area contributed by atoms with Crippen LogP contribution in [0.5, 0.6) is 0 Å². The van der Waals surface area contributed by atoms with Gasteiger partial charge in [0.1, 0.15) is 5.01 Å². The molecular formula is C20H20N2O2S2. The van der Waals surface area contributed by atoms with Gasteiger partial charge in [0.25, 0.3) is 0 Å². The van der Waals surface area contributed by atoms with Crippen molar-refractivity contribution in [3.8, 4) is 0 Å². The highest BCUT2D eigenvalue weighted by molar-refractivity contribution is 7.18. The van der Waals surface area contributed by atoms with Gasteiger partial charge in [-0.3, -0.25) is 9.59 Å².